The van der Waals surface area contributed by atoms with Gasteiger partial charge >= 0.3 is 6.98 Å². The van der Waals surface area contributed by atoms with Gasteiger partial charge in [0.2, 0.25) is 0 Å². The molecule has 0 amide bonds. The Kier molecular flexibility index (Phi) is 1.69. The van der Waals surface area contributed by atoms with Crippen LogP contribution in [0.4, 0.5) is 12.9 Å². The lowest BCUT2D eigenvalue weighted by atomic mass is 9.51. The van der Waals surface area contributed by atoms with Crippen LogP contribution >= 0.6 is 0 Å². The Balaban J connectivity index is 2.14. The molecule has 0 bridgehead atoms. The van der Waals surface area contributed by atoms with Crippen LogP contribution in [0.2, 0.25) is 5.82 Å². The van der Waals surface area contributed by atoms with Gasteiger partial charge in [-0.1, -0.05) is 12.2 Å². The van der Waals surface area contributed by atoms with Gasteiger partial charge in [-0.3, -0.25) is 0 Å². The lowest BCUT2D eigenvalue weighted by molar-refractivity contribution is 0.143. The van der Waals surface area contributed by atoms with Crippen molar-refractivity contribution in [2.75, 3.05) is 13.1 Å². The van der Waals surface area contributed by atoms with E-state index in [-0.39, 0.29) is 6.54 Å². The Hall–Kier alpha value is -0.185. The molecule has 1 N–H and O–H groups in total. The summed E-state index contributed by atoms with van der Waals surface area (Å²) in [7, 11) is 0. The Morgan fingerprint density at radius 3 is 2.25 bits per heavy atom. The molecular formula is C7H12BF3N-. The van der Waals surface area contributed by atoms with E-state index in [9.17, 15) is 12.9 Å². The average molecular weight is 178 g/mol. The Bertz CT molecular complexity index is 188. The highest BCUT2D eigenvalue weighted by atomic mass is 19.4. The maximum atomic E-state index is 12.5. The summed E-state index contributed by atoms with van der Waals surface area (Å²) in [6.45, 7) is -3.89. The van der Waals surface area contributed by atoms with Crippen LogP contribution in [0.1, 0.15) is 19.3 Å². The molecule has 1 spiro atoms. The first-order valence-electron chi connectivity index (χ1n) is 4.45. The van der Waals surface area contributed by atoms with Gasteiger partial charge in [-0.25, -0.2) is 0 Å². The summed E-state index contributed by atoms with van der Waals surface area (Å²) in [5, 5.41) is 2.87. The van der Waals surface area contributed by atoms with Gasteiger partial charge < -0.3 is 18.3 Å². The third-order valence-corrected chi connectivity index (χ3v) is 3.43. The number of nitrogens with one attached hydrogen (secondary N) is 1. The minimum Gasteiger partial charge on any atom is -0.449 e. The van der Waals surface area contributed by atoms with Gasteiger partial charge in [0.15, 0.2) is 0 Å². The second kappa shape index (κ2) is 2.40. The molecule has 2 aliphatic rings. The molecule has 2 fully saturated rings. The fourth-order valence-electron chi connectivity index (χ4n) is 2.54. The highest BCUT2D eigenvalue weighted by molar-refractivity contribution is 6.60. The van der Waals surface area contributed by atoms with Crippen LogP contribution in [0.5, 0.6) is 0 Å². The van der Waals surface area contributed by atoms with E-state index in [1.807, 2.05) is 0 Å². The molecule has 0 radical (unpaired) electrons. The van der Waals surface area contributed by atoms with E-state index in [0.29, 0.717) is 6.54 Å². The third-order valence-electron chi connectivity index (χ3n) is 3.43. The lowest BCUT2D eigenvalue weighted by Gasteiger charge is -2.46. The number of hydrogen-bond donors (Lipinski definition) is 1. The zero-order chi connectivity index (χ0) is 8.82. The lowest BCUT2D eigenvalue weighted by Crippen LogP contribution is -2.42. The summed E-state index contributed by atoms with van der Waals surface area (Å²) in [6.07, 6.45) is 2.52. The fraction of sp³-hybridized carbons (Fsp3) is 1.00. The van der Waals surface area contributed by atoms with E-state index >= 15 is 0 Å². The molecule has 1 heterocycles. The zero-order valence-corrected chi connectivity index (χ0v) is 6.82. The Morgan fingerprint density at radius 2 is 1.92 bits per heavy atom. The molecule has 0 aromatic carbocycles. The monoisotopic (exact) mass is 178 g/mol. The molecule has 1 saturated heterocycles. The van der Waals surface area contributed by atoms with Crippen LogP contribution in [0.15, 0.2) is 0 Å². The van der Waals surface area contributed by atoms with Gasteiger partial charge in [-0.15, -0.1) is 0 Å². The largest absolute Gasteiger partial charge is 0.483 e. The van der Waals surface area contributed by atoms with Crippen LogP contribution in [0, 0.1) is 5.41 Å². The van der Waals surface area contributed by atoms with E-state index in [4.69, 9.17) is 0 Å². The molecule has 1 unspecified atom stereocenters. The van der Waals surface area contributed by atoms with E-state index in [2.05, 4.69) is 5.32 Å². The molecule has 0 aromatic rings. The molecule has 70 valence electrons. The van der Waals surface area contributed by atoms with E-state index in [1.165, 1.54) is 0 Å². The average Bonchev–Trinajstić information content (AvgIpc) is 2.25. The van der Waals surface area contributed by atoms with Gasteiger partial charge in [-0.05, 0) is 31.3 Å². The van der Waals surface area contributed by atoms with Crippen molar-refractivity contribution in [2.45, 2.75) is 25.1 Å². The van der Waals surface area contributed by atoms with Crippen molar-refractivity contribution in [3.63, 3.8) is 0 Å². The molecular weight excluding hydrogens is 166 g/mol. The van der Waals surface area contributed by atoms with Crippen LogP contribution < -0.4 is 5.32 Å². The molecule has 1 saturated carbocycles. The van der Waals surface area contributed by atoms with E-state index < -0.39 is 18.2 Å². The van der Waals surface area contributed by atoms with Crippen LogP contribution in [0.25, 0.3) is 0 Å². The van der Waals surface area contributed by atoms with Crippen molar-refractivity contribution in [3.05, 3.63) is 0 Å². The second-order valence-electron chi connectivity index (χ2n) is 4.08. The minimum atomic E-state index is -4.62. The molecule has 12 heavy (non-hydrogen) atoms. The molecule has 1 aliphatic carbocycles. The SMILES string of the molecule is F[B-](F)(F)C1CNCC12CCC2. The first-order valence-corrected chi connectivity index (χ1v) is 4.45. The summed E-state index contributed by atoms with van der Waals surface area (Å²) >= 11 is 0. The zero-order valence-electron chi connectivity index (χ0n) is 6.82. The highest BCUT2D eigenvalue weighted by Gasteiger charge is 2.54. The summed E-state index contributed by atoms with van der Waals surface area (Å²) < 4.78 is 37.5. The molecule has 1 atom stereocenters. The Labute approximate surface area is 69.8 Å². The predicted octanol–water partition coefficient (Wildman–Crippen LogP) is 1.98. The van der Waals surface area contributed by atoms with Gasteiger partial charge in [0.1, 0.15) is 0 Å². The van der Waals surface area contributed by atoms with Crippen molar-refractivity contribution in [3.8, 4) is 0 Å². The molecule has 2 rings (SSSR count). The molecule has 5 heteroatoms. The number of hydrogen-bond acceptors (Lipinski definition) is 1. The van der Waals surface area contributed by atoms with Gasteiger partial charge in [-0.2, -0.15) is 0 Å². The number of halogens is 3. The summed E-state index contributed by atoms with van der Waals surface area (Å²) in [5.41, 5.74) is -0.391. The van der Waals surface area contributed by atoms with E-state index in [0.717, 1.165) is 19.3 Å². The normalized spacial score (nSPS) is 33.8. The highest BCUT2D eigenvalue weighted by Crippen LogP contribution is 2.56. The summed E-state index contributed by atoms with van der Waals surface area (Å²) in [4.78, 5) is 0. The summed E-state index contributed by atoms with van der Waals surface area (Å²) in [5.74, 6) is -1.02. The molecule has 1 aliphatic heterocycles. The molecule has 1 nitrogen and oxygen atoms in total. The predicted molar refractivity (Wildman–Crippen MR) is 42.0 cm³/mol. The topological polar surface area (TPSA) is 12.0 Å². The van der Waals surface area contributed by atoms with Crippen LogP contribution in [-0.4, -0.2) is 20.1 Å². The fourth-order valence-corrected chi connectivity index (χ4v) is 2.54. The van der Waals surface area contributed by atoms with Crippen molar-refractivity contribution in [2.24, 2.45) is 5.41 Å². The minimum absolute atomic E-state index is 0.156. The van der Waals surface area contributed by atoms with Crippen molar-refractivity contribution in [1.29, 1.82) is 0 Å². The quantitative estimate of drug-likeness (QED) is 0.605. The summed E-state index contributed by atoms with van der Waals surface area (Å²) in [6, 6.07) is 0. The van der Waals surface area contributed by atoms with Crippen molar-refractivity contribution >= 4 is 6.98 Å². The van der Waals surface area contributed by atoms with E-state index in [1.54, 1.807) is 0 Å². The maximum absolute atomic E-state index is 12.5. The first-order chi connectivity index (χ1) is 5.55. The van der Waals surface area contributed by atoms with Crippen molar-refractivity contribution < 1.29 is 12.9 Å². The van der Waals surface area contributed by atoms with Gasteiger partial charge in [0.25, 0.3) is 0 Å². The molecule has 0 aromatic heterocycles. The first kappa shape index (κ1) is 8.41. The van der Waals surface area contributed by atoms with Crippen LogP contribution in [0.3, 0.4) is 0 Å². The Morgan fingerprint density at radius 1 is 1.25 bits per heavy atom. The van der Waals surface area contributed by atoms with Gasteiger partial charge in [0.05, 0.1) is 0 Å². The van der Waals surface area contributed by atoms with Gasteiger partial charge in [0, 0.05) is 0 Å². The van der Waals surface area contributed by atoms with Crippen molar-refractivity contribution in [1.82, 2.24) is 5.32 Å². The standard InChI is InChI=1S/C7H12BF3N/c9-8(10,11)6-4-12-5-7(6)2-1-3-7/h6,12H,1-5H2/q-1. The number of rotatable bonds is 1. The van der Waals surface area contributed by atoms with Crippen LogP contribution in [-0.2, 0) is 0 Å². The maximum Gasteiger partial charge on any atom is 0.483 e. The second-order valence-corrected chi connectivity index (χ2v) is 4.08. The smallest absolute Gasteiger partial charge is 0.449 e. The third kappa shape index (κ3) is 1.06.